The number of fused-ring (bicyclic) bond motifs is 1. The number of benzene rings is 2. The van der Waals surface area contributed by atoms with Crippen LogP contribution in [0.1, 0.15) is 23.2 Å². The summed E-state index contributed by atoms with van der Waals surface area (Å²) in [7, 11) is 1.52. The second-order valence-electron chi connectivity index (χ2n) is 6.79. The molecule has 28 heavy (non-hydrogen) atoms. The molecule has 6 nitrogen and oxygen atoms in total. The summed E-state index contributed by atoms with van der Waals surface area (Å²) in [5.74, 6) is -0.744. The fourth-order valence-corrected chi connectivity index (χ4v) is 3.66. The minimum Gasteiger partial charge on any atom is -0.497 e. The fraction of sp³-hybridized carbons (Fsp3) is 0.227. The highest BCUT2D eigenvalue weighted by molar-refractivity contribution is 6.22. The second kappa shape index (κ2) is 7.31. The molecule has 6 heteroatoms. The Morgan fingerprint density at radius 2 is 1.57 bits per heavy atom. The average Bonchev–Trinajstić information content (AvgIpc) is 2.99. The van der Waals surface area contributed by atoms with Gasteiger partial charge in [0.1, 0.15) is 11.5 Å². The summed E-state index contributed by atoms with van der Waals surface area (Å²) in [6.07, 6.45) is 5.05. The Morgan fingerprint density at radius 1 is 0.929 bits per heavy atom. The number of methoxy groups -OCH3 is 1. The first-order valence-electron chi connectivity index (χ1n) is 9.07. The molecule has 2 aliphatic rings. The molecule has 0 N–H and O–H groups in total. The Balaban J connectivity index is 1.56. The van der Waals surface area contributed by atoms with Crippen LogP contribution in [0.4, 0.5) is 5.69 Å². The van der Waals surface area contributed by atoms with Crippen molar-refractivity contribution in [3.05, 3.63) is 66.2 Å². The predicted octanol–water partition coefficient (Wildman–Crippen LogP) is 3.37. The third kappa shape index (κ3) is 3.17. The number of imide groups is 1. The van der Waals surface area contributed by atoms with E-state index in [1.165, 1.54) is 12.0 Å². The number of amides is 2. The molecule has 1 fully saturated rings. The standard InChI is InChI=1S/C22H19NO5/c1-27-16-8-4-6-14(12-16)22(26)28-17-9-5-7-15(13-17)23-20(24)18-10-2-3-11-19(18)21(23)25/h2-9,12-13,18-19H,10-11H2,1H3. The largest absolute Gasteiger partial charge is 0.497 e. The number of hydrogen-bond donors (Lipinski definition) is 0. The van der Waals surface area contributed by atoms with E-state index >= 15 is 0 Å². The van der Waals surface area contributed by atoms with Gasteiger partial charge < -0.3 is 9.47 Å². The predicted molar refractivity (Wildman–Crippen MR) is 102 cm³/mol. The number of rotatable bonds is 4. The lowest BCUT2D eigenvalue weighted by Gasteiger charge is -2.15. The van der Waals surface area contributed by atoms with Gasteiger partial charge in [0.2, 0.25) is 11.8 Å². The highest BCUT2D eigenvalue weighted by Gasteiger charge is 2.47. The Morgan fingerprint density at radius 3 is 2.25 bits per heavy atom. The topological polar surface area (TPSA) is 72.9 Å². The molecule has 0 saturated carbocycles. The molecule has 2 unspecified atom stereocenters. The van der Waals surface area contributed by atoms with E-state index in [1.54, 1.807) is 48.5 Å². The van der Waals surface area contributed by atoms with Crippen molar-refractivity contribution in [1.29, 1.82) is 0 Å². The molecule has 4 rings (SSSR count). The molecule has 142 valence electrons. The Bertz CT molecular complexity index is 954. The number of allylic oxidation sites excluding steroid dienone is 2. The van der Waals surface area contributed by atoms with Crippen molar-refractivity contribution >= 4 is 23.5 Å². The molecular formula is C22H19NO5. The molecule has 0 aromatic heterocycles. The van der Waals surface area contributed by atoms with Crippen LogP contribution in [0.5, 0.6) is 11.5 Å². The van der Waals surface area contributed by atoms with Crippen LogP contribution in [-0.4, -0.2) is 24.9 Å². The van der Waals surface area contributed by atoms with Crippen LogP contribution < -0.4 is 14.4 Å². The Labute approximate surface area is 162 Å². The van der Waals surface area contributed by atoms with Crippen LogP contribution in [0.2, 0.25) is 0 Å². The molecule has 1 aliphatic carbocycles. The summed E-state index contributed by atoms with van der Waals surface area (Å²) in [5, 5.41) is 0. The van der Waals surface area contributed by atoms with Crippen molar-refractivity contribution in [2.45, 2.75) is 12.8 Å². The van der Waals surface area contributed by atoms with E-state index in [1.807, 2.05) is 12.2 Å². The highest BCUT2D eigenvalue weighted by Crippen LogP contribution is 2.38. The van der Waals surface area contributed by atoms with Gasteiger partial charge in [0.05, 0.1) is 30.2 Å². The number of anilines is 1. The normalized spacial score (nSPS) is 20.8. The van der Waals surface area contributed by atoms with Gasteiger partial charge in [-0.25, -0.2) is 9.69 Å². The van der Waals surface area contributed by atoms with E-state index in [2.05, 4.69) is 0 Å². The van der Waals surface area contributed by atoms with E-state index in [4.69, 9.17) is 9.47 Å². The van der Waals surface area contributed by atoms with Gasteiger partial charge in [-0.15, -0.1) is 0 Å². The fourth-order valence-electron chi connectivity index (χ4n) is 3.66. The van der Waals surface area contributed by atoms with Gasteiger partial charge in [-0.1, -0.05) is 24.3 Å². The van der Waals surface area contributed by atoms with E-state index in [0.717, 1.165) is 0 Å². The van der Waals surface area contributed by atoms with Gasteiger partial charge in [-0.2, -0.15) is 0 Å². The number of carbonyl (C=O) groups is 3. The van der Waals surface area contributed by atoms with Crippen molar-refractivity contribution in [2.24, 2.45) is 11.8 Å². The summed E-state index contributed by atoms with van der Waals surface area (Å²) in [6, 6.07) is 13.1. The molecule has 2 aromatic carbocycles. The van der Waals surface area contributed by atoms with E-state index in [-0.39, 0.29) is 29.4 Å². The maximum Gasteiger partial charge on any atom is 0.343 e. The SMILES string of the molecule is COc1cccc(C(=O)Oc2cccc(N3C(=O)C4CC=CCC4C3=O)c2)c1. The van der Waals surface area contributed by atoms with Gasteiger partial charge in [0.25, 0.3) is 0 Å². The average molecular weight is 377 g/mol. The van der Waals surface area contributed by atoms with Crippen LogP contribution in [-0.2, 0) is 9.59 Å². The van der Waals surface area contributed by atoms with Crippen LogP contribution in [0.25, 0.3) is 0 Å². The first kappa shape index (κ1) is 18.0. The minimum absolute atomic E-state index is 0.198. The lowest BCUT2D eigenvalue weighted by molar-refractivity contribution is -0.122. The van der Waals surface area contributed by atoms with Crippen molar-refractivity contribution in [2.75, 3.05) is 12.0 Å². The smallest absolute Gasteiger partial charge is 0.343 e. The first-order chi connectivity index (χ1) is 13.6. The lowest BCUT2D eigenvalue weighted by Crippen LogP contribution is -2.30. The van der Waals surface area contributed by atoms with Crippen LogP contribution in [0.3, 0.4) is 0 Å². The molecular weight excluding hydrogens is 358 g/mol. The van der Waals surface area contributed by atoms with Gasteiger partial charge in [0, 0.05) is 6.07 Å². The van der Waals surface area contributed by atoms with Gasteiger partial charge in [-0.3, -0.25) is 9.59 Å². The second-order valence-corrected chi connectivity index (χ2v) is 6.79. The van der Waals surface area contributed by atoms with Crippen LogP contribution in [0.15, 0.2) is 60.7 Å². The Kier molecular flexibility index (Phi) is 4.69. The molecule has 0 spiro atoms. The Hall–Kier alpha value is -3.41. The minimum atomic E-state index is -0.548. The lowest BCUT2D eigenvalue weighted by atomic mass is 9.85. The zero-order valence-corrected chi connectivity index (χ0v) is 15.3. The van der Waals surface area contributed by atoms with E-state index in [0.29, 0.717) is 29.8 Å². The van der Waals surface area contributed by atoms with Gasteiger partial charge in [-0.05, 0) is 43.2 Å². The van der Waals surface area contributed by atoms with Crippen LogP contribution in [0, 0.1) is 11.8 Å². The van der Waals surface area contributed by atoms with Gasteiger partial charge in [0.15, 0.2) is 0 Å². The van der Waals surface area contributed by atoms with Crippen molar-refractivity contribution in [3.8, 4) is 11.5 Å². The van der Waals surface area contributed by atoms with E-state index < -0.39 is 5.97 Å². The zero-order valence-electron chi connectivity index (χ0n) is 15.3. The molecule has 2 atom stereocenters. The third-order valence-corrected chi connectivity index (χ3v) is 5.10. The summed E-state index contributed by atoms with van der Waals surface area (Å²) < 4.78 is 10.6. The summed E-state index contributed by atoms with van der Waals surface area (Å²) in [5.41, 5.74) is 0.760. The van der Waals surface area contributed by atoms with E-state index in [9.17, 15) is 14.4 Å². The monoisotopic (exact) mass is 377 g/mol. The zero-order chi connectivity index (χ0) is 19.7. The first-order valence-corrected chi connectivity index (χ1v) is 9.07. The summed E-state index contributed by atoms with van der Waals surface area (Å²) in [4.78, 5) is 39.1. The van der Waals surface area contributed by atoms with Crippen LogP contribution >= 0.6 is 0 Å². The number of hydrogen-bond acceptors (Lipinski definition) is 5. The quantitative estimate of drug-likeness (QED) is 0.354. The number of ether oxygens (including phenoxy) is 2. The van der Waals surface area contributed by atoms with Crippen molar-refractivity contribution < 1.29 is 23.9 Å². The molecule has 1 heterocycles. The maximum absolute atomic E-state index is 12.7. The molecule has 2 amide bonds. The summed E-state index contributed by atoms with van der Waals surface area (Å²) >= 11 is 0. The third-order valence-electron chi connectivity index (χ3n) is 5.10. The van der Waals surface area contributed by atoms with Crippen molar-refractivity contribution in [3.63, 3.8) is 0 Å². The molecule has 0 radical (unpaired) electrons. The summed E-state index contributed by atoms with van der Waals surface area (Å²) in [6.45, 7) is 0. The highest BCUT2D eigenvalue weighted by atomic mass is 16.5. The molecule has 0 bridgehead atoms. The van der Waals surface area contributed by atoms with Crippen molar-refractivity contribution in [1.82, 2.24) is 0 Å². The number of esters is 1. The van der Waals surface area contributed by atoms with Gasteiger partial charge >= 0.3 is 5.97 Å². The maximum atomic E-state index is 12.7. The molecule has 2 aromatic rings. The molecule has 1 aliphatic heterocycles. The number of nitrogens with zero attached hydrogens (tertiary/aromatic N) is 1. The molecule has 1 saturated heterocycles. The number of carbonyl (C=O) groups excluding carboxylic acids is 3.